The summed E-state index contributed by atoms with van der Waals surface area (Å²) >= 11 is 0. The van der Waals surface area contributed by atoms with Crippen LogP contribution in [-0.4, -0.2) is 46.4 Å². The lowest BCUT2D eigenvalue weighted by Crippen LogP contribution is -2.43. The van der Waals surface area contributed by atoms with E-state index < -0.39 is 0 Å². The van der Waals surface area contributed by atoms with E-state index in [-0.39, 0.29) is 12.0 Å². The first-order valence-corrected chi connectivity index (χ1v) is 8.10. The van der Waals surface area contributed by atoms with Crippen LogP contribution in [0.5, 0.6) is 0 Å². The Morgan fingerprint density at radius 1 is 1.43 bits per heavy atom. The maximum Gasteiger partial charge on any atom is 0.257 e. The van der Waals surface area contributed by atoms with Crippen LogP contribution in [0.15, 0.2) is 6.20 Å². The van der Waals surface area contributed by atoms with Gasteiger partial charge in [-0.25, -0.2) is 0 Å². The first kappa shape index (κ1) is 16.0. The lowest BCUT2D eigenvalue weighted by molar-refractivity contribution is 0.00208. The standard InChI is InChI=1S/C16H27N3O2/c1-4-8-19-12-15(13(3)17-19)16(20)18-9-6-7-14(11-18)21-10-5-2/h12,14H,4-11H2,1-3H3. The quantitative estimate of drug-likeness (QED) is 0.810. The lowest BCUT2D eigenvalue weighted by Gasteiger charge is -2.32. The maximum absolute atomic E-state index is 12.7. The van der Waals surface area contributed by atoms with Gasteiger partial charge < -0.3 is 9.64 Å². The number of likely N-dealkylation sites (tertiary alicyclic amines) is 1. The van der Waals surface area contributed by atoms with Crippen LogP contribution in [0.2, 0.25) is 0 Å². The highest BCUT2D eigenvalue weighted by molar-refractivity contribution is 5.95. The summed E-state index contributed by atoms with van der Waals surface area (Å²) < 4.78 is 7.68. The molecule has 2 rings (SSSR count). The zero-order valence-electron chi connectivity index (χ0n) is 13.5. The van der Waals surface area contributed by atoms with Crippen molar-refractivity contribution in [3.63, 3.8) is 0 Å². The van der Waals surface area contributed by atoms with Crippen molar-refractivity contribution in [3.05, 3.63) is 17.5 Å². The number of amides is 1. The number of hydrogen-bond acceptors (Lipinski definition) is 3. The predicted octanol–water partition coefficient (Wildman–Crippen LogP) is 2.63. The first-order valence-electron chi connectivity index (χ1n) is 8.10. The van der Waals surface area contributed by atoms with Gasteiger partial charge in [-0.05, 0) is 32.6 Å². The van der Waals surface area contributed by atoms with E-state index in [0.29, 0.717) is 6.54 Å². The zero-order valence-corrected chi connectivity index (χ0v) is 13.5. The Morgan fingerprint density at radius 3 is 2.95 bits per heavy atom. The number of ether oxygens (including phenoxy) is 1. The molecule has 0 N–H and O–H groups in total. The Kier molecular flexibility index (Phi) is 5.79. The molecule has 0 bridgehead atoms. The second-order valence-corrected chi connectivity index (χ2v) is 5.78. The summed E-state index contributed by atoms with van der Waals surface area (Å²) in [5, 5.41) is 4.42. The minimum absolute atomic E-state index is 0.0969. The highest BCUT2D eigenvalue weighted by Gasteiger charge is 2.26. The number of hydrogen-bond donors (Lipinski definition) is 0. The summed E-state index contributed by atoms with van der Waals surface area (Å²) in [5.74, 6) is 0.0969. The predicted molar refractivity (Wildman–Crippen MR) is 82.4 cm³/mol. The zero-order chi connectivity index (χ0) is 15.2. The summed E-state index contributed by atoms with van der Waals surface area (Å²) in [6.45, 7) is 9.29. The van der Waals surface area contributed by atoms with Crippen molar-refractivity contribution in [2.45, 2.75) is 59.1 Å². The molecule has 2 heterocycles. The average Bonchev–Trinajstić information content (AvgIpc) is 2.86. The van der Waals surface area contributed by atoms with Crippen LogP contribution < -0.4 is 0 Å². The van der Waals surface area contributed by atoms with E-state index in [0.717, 1.165) is 56.6 Å². The number of carbonyl (C=O) groups excluding carboxylic acids is 1. The van der Waals surface area contributed by atoms with Crippen LogP contribution in [0.1, 0.15) is 55.6 Å². The van der Waals surface area contributed by atoms with Gasteiger partial charge in [0, 0.05) is 32.4 Å². The van der Waals surface area contributed by atoms with Crippen molar-refractivity contribution in [1.29, 1.82) is 0 Å². The SMILES string of the molecule is CCCOC1CCCN(C(=O)c2cn(CCC)nc2C)C1. The van der Waals surface area contributed by atoms with Crippen LogP contribution in [0.3, 0.4) is 0 Å². The van der Waals surface area contributed by atoms with Gasteiger partial charge in [0.15, 0.2) is 0 Å². The van der Waals surface area contributed by atoms with Gasteiger partial charge in [0.2, 0.25) is 0 Å². The summed E-state index contributed by atoms with van der Waals surface area (Å²) in [6.07, 6.45) is 6.19. The van der Waals surface area contributed by atoms with Crippen LogP contribution in [0, 0.1) is 6.92 Å². The van der Waals surface area contributed by atoms with E-state index in [2.05, 4.69) is 18.9 Å². The number of piperidine rings is 1. The molecule has 1 amide bonds. The second-order valence-electron chi connectivity index (χ2n) is 5.78. The van der Waals surface area contributed by atoms with Gasteiger partial charge in [-0.3, -0.25) is 9.48 Å². The van der Waals surface area contributed by atoms with Gasteiger partial charge in [0.05, 0.1) is 17.4 Å². The third kappa shape index (κ3) is 4.06. The Bertz CT molecular complexity index is 470. The van der Waals surface area contributed by atoms with Crippen molar-refractivity contribution in [2.24, 2.45) is 0 Å². The van der Waals surface area contributed by atoms with Crippen LogP contribution in [0.4, 0.5) is 0 Å². The molecule has 0 radical (unpaired) electrons. The smallest absolute Gasteiger partial charge is 0.257 e. The molecule has 1 aromatic heterocycles. The third-order valence-corrected chi connectivity index (χ3v) is 3.85. The molecule has 0 aliphatic carbocycles. The molecule has 1 saturated heterocycles. The summed E-state index contributed by atoms with van der Waals surface area (Å²) in [4.78, 5) is 14.6. The number of rotatable bonds is 6. The van der Waals surface area contributed by atoms with Gasteiger partial charge in [-0.15, -0.1) is 0 Å². The molecular formula is C16H27N3O2. The third-order valence-electron chi connectivity index (χ3n) is 3.85. The van der Waals surface area contributed by atoms with Crippen molar-refractivity contribution >= 4 is 5.91 Å². The molecule has 0 spiro atoms. The normalized spacial score (nSPS) is 19.0. The van der Waals surface area contributed by atoms with Crippen molar-refractivity contribution in [2.75, 3.05) is 19.7 Å². The molecule has 118 valence electrons. The Balaban J connectivity index is 2.01. The molecular weight excluding hydrogens is 266 g/mol. The molecule has 0 aromatic carbocycles. The largest absolute Gasteiger partial charge is 0.376 e. The van der Waals surface area contributed by atoms with E-state index in [1.165, 1.54) is 0 Å². The van der Waals surface area contributed by atoms with Gasteiger partial charge in [0.25, 0.3) is 5.91 Å². The molecule has 1 atom stereocenters. The number of aryl methyl sites for hydroxylation is 2. The molecule has 5 heteroatoms. The van der Waals surface area contributed by atoms with Gasteiger partial charge in [0.1, 0.15) is 0 Å². The topological polar surface area (TPSA) is 47.4 Å². The first-order chi connectivity index (χ1) is 10.2. The highest BCUT2D eigenvalue weighted by Crippen LogP contribution is 2.18. The Labute approximate surface area is 127 Å². The minimum atomic E-state index is 0.0969. The molecule has 1 aromatic rings. The van der Waals surface area contributed by atoms with E-state index in [1.807, 2.05) is 22.7 Å². The van der Waals surface area contributed by atoms with Gasteiger partial charge >= 0.3 is 0 Å². The fourth-order valence-corrected chi connectivity index (χ4v) is 2.79. The van der Waals surface area contributed by atoms with E-state index >= 15 is 0 Å². The number of aromatic nitrogens is 2. The molecule has 1 aliphatic heterocycles. The van der Waals surface area contributed by atoms with Gasteiger partial charge in [-0.2, -0.15) is 5.10 Å². The van der Waals surface area contributed by atoms with E-state index in [9.17, 15) is 4.79 Å². The summed E-state index contributed by atoms with van der Waals surface area (Å²) in [7, 11) is 0. The minimum Gasteiger partial charge on any atom is -0.376 e. The van der Waals surface area contributed by atoms with Crippen molar-refractivity contribution in [1.82, 2.24) is 14.7 Å². The molecule has 1 aliphatic rings. The summed E-state index contributed by atoms with van der Waals surface area (Å²) in [6, 6.07) is 0. The second kappa shape index (κ2) is 7.59. The fraction of sp³-hybridized carbons (Fsp3) is 0.750. The van der Waals surface area contributed by atoms with Crippen LogP contribution >= 0.6 is 0 Å². The molecule has 5 nitrogen and oxygen atoms in total. The summed E-state index contributed by atoms with van der Waals surface area (Å²) in [5.41, 5.74) is 1.56. The number of carbonyl (C=O) groups is 1. The molecule has 1 unspecified atom stereocenters. The van der Waals surface area contributed by atoms with E-state index in [1.54, 1.807) is 0 Å². The van der Waals surface area contributed by atoms with Crippen LogP contribution in [-0.2, 0) is 11.3 Å². The molecule has 0 saturated carbocycles. The monoisotopic (exact) mass is 293 g/mol. The molecule has 1 fully saturated rings. The average molecular weight is 293 g/mol. The number of nitrogens with zero attached hydrogens (tertiary/aromatic N) is 3. The fourth-order valence-electron chi connectivity index (χ4n) is 2.79. The highest BCUT2D eigenvalue weighted by atomic mass is 16.5. The van der Waals surface area contributed by atoms with E-state index in [4.69, 9.17) is 4.74 Å². The Hall–Kier alpha value is -1.36. The van der Waals surface area contributed by atoms with Crippen molar-refractivity contribution in [3.8, 4) is 0 Å². The van der Waals surface area contributed by atoms with Crippen LogP contribution in [0.25, 0.3) is 0 Å². The maximum atomic E-state index is 12.7. The molecule has 21 heavy (non-hydrogen) atoms. The Morgan fingerprint density at radius 2 is 2.24 bits per heavy atom. The van der Waals surface area contributed by atoms with Crippen molar-refractivity contribution < 1.29 is 9.53 Å². The lowest BCUT2D eigenvalue weighted by atomic mass is 10.1. The van der Waals surface area contributed by atoms with Gasteiger partial charge in [-0.1, -0.05) is 13.8 Å².